The summed E-state index contributed by atoms with van der Waals surface area (Å²) in [6, 6.07) is 0. The van der Waals surface area contributed by atoms with Crippen molar-refractivity contribution in [3.63, 3.8) is 0 Å². The van der Waals surface area contributed by atoms with E-state index in [1.165, 1.54) is 5.57 Å². The molecule has 2 fully saturated rings. The molecule has 0 spiro atoms. The second-order valence-corrected chi connectivity index (χ2v) is 6.42. The third-order valence-electron chi connectivity index (χ3n) is 4.82. The standard InChI is InChI=1S/C17H28O2/c1-3-4-6-14(18)7-5-8-15-16-10-12(2)9-13(16)11-17(15)19/h5,8,13-19H,2-4,6-7,9-11H2,1H3/b8-5+/t13-,14?,15+,16+,17+/m0/s1. The number of fused-ring (bicyclic) bond motifs is 1. The first-order valence-corrected chi connectivity index (χ1v) is 7.81. The summed E-state index contributed by atoms with van der Waals surface area (Å²) in [6.07, 6.45) is 10.8. The lowest BCUT2D eigenvalue weighted by Gasteiger charge is -2.17. The van der Waals surface area contributed by atoms with Gasteiger partial charge in [0.2, 0.25) is 0 Å². The maximum Gasteiger partial charge on any atom is 0.0608 e. The molecule has 0 aromatic rings. The zero-order chi connectivity index (χ0) is 13.8. The zero-order valence-electron chi connectivity index (χ0n) is 12.1. The summed E-state index contributed by atoms with van der Waals surface area (Å²) in [5, 5.41) is 20.0. The van der Waals surface area contributed by atoms with Gasteiger partial charge in [-0.25, -0.2) is 0 Å². The number of rotatable bonds is 6. The molecule has 0 bridgehead atoms. The van der Waals surface area contributed by atoms with E-state index in [4.69, 9.17) is 0 Å². The third-order valence-corrected chi connectivity index (χ3v) is 4.82. The van der Waals surface area contributed by atoms with Crippen molar-refractivity contribution < 1.29 is 10.2 Å². The van der Waals surface area contributed by atoms with E-state index in [-0.39, 0.29) is 18.1 Å². The molecule has 1 unspecified atom stereocenters. The molecule has 5 atom stereocenters. The number of aliphatic hydroxyl groups is 2. The fourth-order valence-corrected chi connectivity index (χ4v) is 3.79. The molecule has 2 saturated carbocycles. The molecular formula is C17H28O2. The second-order valence-electron chi connectivity index (χ2n) is 6.42. The minimum Gasteiger partial charge on any atom is -0.393 e. The maximum atomic E-state index is 10.1. The third kappa shape index (κ3) is 3.70. The SMILES string of the molecule is C=C1C[C@H]2C[C@@H](O)[C@H](/C=C/CC(O)CCCC)[C@@H]2C1. The van der Waals surface area contributed by atoms with Crippen LogP contribution in [0.3, 0.4) is 0 Å². The Labute approximate surface area is 117 Å². The highest BCUT2D eigenvalue weighted by Gasteiger charge is 2.44. The Bertz CT molecular complexity index is 334. The highest BCUT2D eigenvalue weighted by atomic mass is 16.3. The molecule has 2 nitrogen and oxygen atoms in total. The minimum absolute atomic E-state index is 0.188. The van der Waals surface area contributed by atoms with Crippen molar-refractivity contribution in [3.05, 3.63) is 24.3 Å². The topological polar surface area (TPSA) is 40.5 Å². The summed E-state index contributed by atoms with van der Waals surface area (Å²) in [7, 11) is 0. The molecule has 108 valence electrons. The molecule has 2 aliphatic carbocycles. The van der Waals surface area contributed by atoms with Gasteiger partial charge in [0, 0.05) is 5.92 Å². The summed E-state index contributed by atoms with van der Waals surface area (Å²) in [5.41, 5.74) is 1.35. The number of hydrogen-bond donors (Lipinski definition) is 2. The Morgan fingerprint density at radius 1 is 1.42 bits per heavy atom. The quantitative estimate of drug-likeness (QED) is 0.721. The number of allylic oxidation sites excluding steroid dienone is 1. The van der Waals surface area contributed by atoms with Crippen LogP contribution in [0.5, 0.6) is 0 Å². The summed E-state index contributed by atoms with van der Waals surface area (Å²) in [5.74, 6) is 1.51. The van der Waals surface area contributed by atoms with E-state index in [2.05, 4.69) is 25.7 Å². The van der Waals surface area contributed by atoms with Gasteiger partial charge in [0.1, 0.15) is 0 Å². The van der Waals surface area contributed by atoms with E-state index in [1.54, 1.807) is 0 Å². The Morgan fingerprint density at radius 2 is 2.21 bits per heavy atom. The molecule has 2 aliphatic rings. The molecule has 19 heavy (non-hydrogen) atoms. The van der Waals surface area contributed by atoms with E-state index in [0.29, 0.717) is 11.8 Å². The van der Waals surface area contributed by atoms with Gasteiger partial charge in [0.05, 0.1) is 12.2 Å². The van der Waals surface area contributed by atoms with E-state index in [0.717, 1.165) is 44.9 Å². The summed E-state index contributed by atoms with van der Waals surface area (Å²) in [4.78, 5) is 0. The normalized spacial score (nSPS) is 36.1. The van der Waals surface area contributed by atoms with Gasteiger partial charge in [-0.15, -0.1) is 0 Å². The molecule has 0 aromatic heterocycles. The molecule has 0 heterocycles. The monoisotopic (exact) mass is 264 g/mol. The number of aliphatic hydroxyl groups excluding tert-OH is 2. The predicted octanol–water partition coefficient (Wildman–Crippen LogP) is 3.45. The molecule has 0 saturated heterocycles. The van der Waals surface area contributed by atoms with Gasteiger partial charge in [0.15, 0.2) is 0 Å². The van der Waals surface area contributed by atoms with E-state index >= 15 is 0 Å². The lowest BCUT2D eigenvalue weighted by molar-refractivity contribution is 0.139. The van der Waals surface area contributed by atoms with Crippen molar-refractivity contribution in [1.29, 1.82) is 0 Å². The maximum absolute atomic E-state index is 10.1. The van der Waals surface area contributed by atoms with Crippen molar-refractivity contribution >= 4 is 0 Å². The van der Waals surface area contributed by atoms with Crippen molar-refractivity contribution in [2.24, 2.45) is 17.8 Å². The first kappa shape index (κ1) is 14.8. The van der Waals surface area contributed by atoms with Gasteiger partial charge >= 0.3 is 0 Å². The first-order chi connectivity index (χ1) is 9.11. The van der Waals surface area contributed by atoms with Gasteiger partial charge in [-0.3, -0.25) is 0 Å². The van der Waals surface area contributed by atoms with Crippen LogP contribution in [0.4, 0.5) is 0 Å². The van der Waals surface area contributed by atoms with Crippen LogP contribution in [0.15, 0.2) is 24.3 Å². The van der Waals surface area contributed by atoms with Crippen LogP contribution in [0.2, 0.25) is 0 Å². The smallest absolute Gasteiger partial charge is 0.0608 e. The van der Waals surface area contributed by atoms with Crippen LogP contribution in [-0.2, 0) is 0 Å². The summed E-state index contributed by atoms with van der Waals surface area (Å²) < 4.78 is 0. The van der Waals surface area contributed by atoms with Crippen molar-refractivity contribution in [2.75, 3.05) is 0 Å². The molecule has 0 amide bonds. The predicted molar refractivity (Wildman–Crippen MR) is 78.8 cm³/mol. The van der Waals surface area contributed by atoms with Crippen LogP contribution >= 0.6 is 0 Å². The Balaban J connectivity index is 1.82. The van der Waals surface area contributed by atoms with E-state index < -0.39 is 0 Å². The van der Waals surface area contributed by atoms with Gasteiger partial charge < -0.3 is 10.2 Å². The summed E-state index contributed by atoms with van der Waals surface area (Å²) in [6.45, 7) is 6.24. The van der Waals surface area contributed by atoms with Crippen LogP contribution in [0, 0.1) is 17.8 Å². The van der Waals surface area contributed by atoms with Crippen LogP contribution < -0.4 is 0 Å². The zero-order valence-corrected chi connectivity index (χ0v) is 12.1. The van der Waals surface area contributed by atoms with Gasteiger partial charge in [-0.1, -0.05) is 44.1 Å². The second kappa shape index (κ2) is 6.71. The lowest BCUT2D eigenvalue weighted by atomic mass is 9.90. The molecule has 2 heteroatoms. The van der Waals surface area contributed by atoms with Crippen LogP contribution in [0.25, 0.3) is 0 Å². The van der Waals surface area contributed by atoms with Crippen molar-refractivity contribution in [2.45, 2.75) is 64.1 Å². The largest absolute Gasteiger partial charge is 0.393 e. The fraction of sp³-hybridized carbons (Fsp3) is 0.765. The van der Waals surface area contributed by atoms with Gasteiger partial charge in [0.25, 0.3) is 0 Å². The van der Waals surface area contributed by atoms with Crippen LogP contribution in [-0.4, -0.2) is 22.4 Å². The van der Waals surface area contributed by atoms with E-state index in [9.17, 15) is 10.2 Å². The Kier molecular flexibility index (Phi) is 5.23. The van der Waals surface area contributed by atoms with Crippen molar-refractivity contribution in [3.8, 4) is 0 Å². The average molecular weight is 264 g/mol. The van der Waals surface area contributed by atoms with Gasteiger partial charge in [-0.2, -0.15) is 0 Å². The minimum atomic E-state index is -0.218. The van der Waals surface area contributed by atoms with Crippen LogP contribution in [0.1, 0.15) is 51.9 Å². The molecule has 0 aromatic carbocycles. The molecule has 0 aliphatic heterocycles. The highest BCUT2D eigenvalue weighted by Crippen LogP contribution is 2.49. The highest BCUT2D eigenvalue weighted by molar-refractivity contribution is 5.14. The fourth-order valence-electron chi connectivity index (χ4n) is 3.79. The number of unbranched alkanes of at least 4 members (excludes halogenated alkanes) is 1. The molecule has 2 rings (SSSR count). The number of hydrogen-bond acceptors (Lipinski definition) is 2. The first-order valence-electron chi connectivity index (χ1n) is 7.81. The lowest BCUT2D eigenvalue weighted by Crippen LogP contribution is -2.16. The van der Waals surface area contributed by atoms with Gasteiger partial charge in [-0.05, 0) is 43.9 Å². The molecule has 0 radical (unpaired) electrons. The molecular weight excluding hydrogens is 236 g/mol. The van der Waals surface area contributed by atoms with E-state index in [1.807, 2.05) is 0 Å². The molecule has 2 N–H and O–H groups in total. The van der Waals surface area contributed by atoms with Crippen molar-refractivity contribution in [1.82, 2.24) is 0 Å². The Hall–Kier alpha value is -0.600. The Morgan fingerprint density at radius 3 is 2.95 bits per heavy atom. The average Bonchev–Trinajstić information content (AvgIpc) is 2.84. The summed E-state index contributed by atoms with van der Waals surface area (Å²) >= 11 is 0.